The first kappa shape index (κ1) is 15.5. The third kappa shape index (κ3) is 3.96. The highest BCUT2D eigenvalue weighted by Gasteiger charge is 2.22. The minimum absolute atomic E-state index is 0.00175. The number of carbonyl (C=O) groups is 1. The summed E-state index contributed by atoms with van der Waals surface area (Å²) >= 11 is 3.35. The number of nitrogens with zero attached hydrogens (tertiary/aromatic N) is 1. The molecule has 1 rings (SSSR count). The largest absolute Gasteiger partial charge is 0.409 e. The van der Waals surface area contributed by atoms with Crippen LogP contribution in [0.1, 0.15) is 29.8 Å². The Morgan fingerprint density at radius 3 is 2.58 bits per heavy atom. The Hall–Kier alpha value is -1.56. The maximum atomic E-state index is 12.2. The Bertz CT molecular complexity index is 501. The number of hydrogen-bond donors (Lipinski definition) is 3. The van der Waals surface area contributed by atoms with Gasteiger partial charge in [-0.2, -0.15) is 0 Å². The van der Waals surface area contributed by atoms with Crippen LogP contribution in [0.15, 0.2) is 27.8 Å². The van der Waals surface area contributed by atoms with Gasteiger partial charge >= 0.3 is 0 Å². The molecule has 1 unspecified atom stereocenters. The molecule has 0 fully saturated rings. The topological polar surface area (TPSA) is 87.7 Å². The van der Waals surface area contributed by atoms with Crippen molar-refractivity contribution in [2.24, 2.45) is 16.8 Å². The Kier molecular flexibility index (Phi) is 5.35. The molecule has 0 bridgehead atoms. The molecule has 0 saturated heterocycles. The number of benzene rings is 1. The number of aryl methyl sites for hydroxylation is 1. The molecule has 5 nitrogen and oxygen atoms in total. The van der Waals surface area contributed by atoms with Crippen molar-refractivity contribution in [2.75, 3.05) is 0 Å². The second-order valence-electron chi connectivity index (χ2n) is 4.68. The number of nitrogens with two attached hydrogens (primary N) is 1. The van der Waals surface area contributed by atoms with Crippen molar-refractivity contribution in [3.8, 4) is 0 Å². The van der Waals surface area contributed by atoms with Crippen LogP contribution in [0, 0.1) is 12.8 Å². The van der Waals surface area contributed by atoms with Gasteiger partial charge in [0.1, 0.15) is 0 Å². The van der Waals surface area contributed by atoms with Crippen molar-refractivity contribution in [2.45, 2.75) is 26.8 Å². The normalized spacial score (nSPS) is 13.4. The van der Waals surface area contributed by atoms with Crippen molar-refractivity contribution in [1.29, 1.82) is 0 Å². The summed E-state index contributed by atoms with van der Waals surface area (Å²) in [5.41, 5.74) is 7.01. The second kappa shape index (κ2) is 6.56. The van der Waals surface area contributed by atoms with Crippen molar-refractivity contribution in [1.82, 2.24) is 5.32 Å². The molecule has 0 spiro atoms. The summed E-state index contributed by atoms with van der Waals surface area (Å²) in [6, 6.07) is 4.90. The summed E-state index contributed by atoms with van der Waals surface area (Å²) < 4.78 is 0.915. The molecule has 1 atom stereocenters. The van der Waals surface area contributed by atoms with Gasteiger partial charge in [-0.25, -0.2) is 0 Å². The van der Waals surface area contributed by atoms with Crippen LogP contribution in [0.25, 0.3) is 0 Å². The van der Waals surface area contributed by atoms with Crippen LogP contribution in [0.3, 0.4) is 0 Å². The van der Waals surface area contributed by atoms with E-state index in [9.17, 15) is 4.79 Å². The highest BCUT2D eigenvalue weighted by molar-refractivity contribution is 9.10. The Labute approximate surface area is 121 Å². The fraction of sp³-hybridized carbons (Fsp3) is 0.385. The molecule has 0 radical (unpaired) electrons. The number of rotatable bonds is 4. The highest BCUT2D eigenvalue weighted by atomic mass is 79.9. The number of carbonyl (C=O) groups excluding carboxylic acids is 1. The van der Waals surface area contributed by atoms with E-state index >= 15 is 0 Å². The molecule has 104 valence electrons. The Morgan fingerprint density at radius 1 is 1.47 bits per heavy atom. The van der Waals surface area contributed by atoms with Crippen molar-refractivity contribution >= 4 is 27.7 Å². The molecule has 1 amide bonds. The average Bonchev–Trinajstić information content (AvgIpc) is 2.34. The molecule has 1 aromatic rings. The van der Waals surface area contributed by atoms with Crippen LogP contribution < -0.4 is 11.1 Å². The van der Waals surface area contributed by atoms with E-state index in [0.29, 0.717) is 5.56 Å². The lowest BCUT2D eigenvalue weighted by molar-refractivity contribution is 0.0938. The molecule has 1 aromatic carbocycles. The highest BCUT2D eigenvalue weighted by Crippen LogP contribution is 2.16. The van der Waals surface area contributed by atoms with E-state index in [1.807, 2.05) is 26.8 Å². The average molecular weight is 328 g/mol. The zero-order valence-electron chi connectivity index (χ0n) is 11.1. The zero-order valence-corrected chi connectivity index (χ0v) is 12.7. The Balaban J connectivity index is 2.94. The lowest BCUT2D eigenvalue weighted by atomic mass is 10.0. The first-order valence-corrected chi connectivity index (χ1v) is 6.70. The molecule has 0 aliphatic carbocycles. The van der Waals surface area contributed by atoms with E-state index < -0.39 is 6.04 Å². The fourth-order valence-electron chi connectivity index (χ4n) is 1.75. The number of amides is 1. The second-order valence-corrected chi connectivity index (χ2v) is 5.59. The summed E-state index contributed by atoms with van der Waals surface area (Å²) in [4.78, 5) is 12.2. The van der Waals surface area contributed by atoms with Crippen LogP contribution in [0.5, 0.6) is 0 Å². The molecule has 0 aliphatic rings. The fourth-order valence-corrected chi connectivity index (χ4v) is 2.22. The summed E-state index contributed by atoms with van der Waals surface area (Å²) in [5, 5.41) is 14.5. The van der Waals surface area contributed by atoms with E-state index in [1.165, 1.54) is 0 Å². The SMILES string of the molecule is Cc1cc(Br)ccc1C(=O)NC(C(N)=NO)C(C)C. The van der Waals surface area contributed by atoms with Gasteiger partial charge in [-0.3, -0.25) is 4.79 Å². The minimum atomic E-state index is -0.499. The lowest BCUT2D eigenvalue weighted by Crippen LogP contribution is -2.48. The van der Waals surface area contributed by atoms with Gasteiger partial charge < -0.3 is 16.3 Å². The van der Waals surface area contributed by atoms with Gasteiger partial charge in [0.05, 0.1) is 6.04 Å². The van der Waals surface area contributed by atoms with Gasteiger partial charge in [0.2, 0.25) is 0 Å². The monoisotopic (exact) mass is 327 g/mol. The minimum Gasteiger partial charge on any atom is -0.409 e. The predicted octanol–water partition coefficient (Wildman–Crippen LogP) is 2.26. The summed E-state index contributed by atoms with van der Waals surface area (Å²) in [6.07, 6.45) is 0. The first-order chi connectivity index (χ1) is 8.86. The van der Waals surface area contributed by atoms with Gasteiger partial charge in [0.25, 0.3) is 5.91 Å². The van der Waals surface area contributed by atoms with E-state index in [0.717, 1.165) is 10.0 Å². The third-order valence-electron chi connectivity index (χ3n) is 2.82. The van der Waals surface area contributed by atoms with Crippen LogP contribution >= 0.6 is 15.9 Å². The lowest BCUT2D eigenvalue weighted by Gasteiger charge is -2.21. The molecule has 0 heterocycles. The van der Waals surface area contributed by atoms with E-state index in [4.69, 9.17) is 10.9 Å². The third-order valence-corrected chi connectivity index (χ3v) is 3.31. The summed E-state index contributed by atoms with van der Waals surface area (Å²) in [5.74, 6) is -0.219. The number of halogens is 1. The molecule has 6 heteroatoms. The molecular formula is C13H18BrN3O2. The first-order valence-electron chi connectivity index (χ1n) is 5.91. The number of nitrogens with one attached hydrogen (secondary N) is 1. The van der Waals surface area contributed by atoms with Gasteiger partial charge in [0, 0.05) is 10.0 Å². The van der Waals surface area contributed by atoms with Gasteiger partial charge in [-0.1, -0.05) is 34.9 Å². The van der Waals surface area contributed by atoms with E-state index in [1.54, 1.807) is 12.1 Å². The molecule has 19 heavy (non-hydrogen) atoms. The van der Waals surface area contributed by atoms with Gasteiger partial charge in [0.15, 0.2) is 5.84 Å². The van der Waals surface area contributed by atoms with Crippen molar-refractivity contribution in [3.63, 3.8) is 0 Å². The van der Waals surface area contributed by atoms with Crippen LogP contribution in [0.2, 0.25) is 0 Å². The summed E-state index contributed by atoms with van der Waals surface area (Å²) in [6.45, 7) is 5.63. The van der Waals surface area contributed by atoms with Crippen LogP contribution in [0.4, 0.5) is 0 Å². The van der Waals surface area contributed by atoms with Crippen molar-refractivity contribution < 1.29 is 10.0 Å². The van der Waals surface area contributed by atoms with Gasteiger partial charge in [-0.05, 0) is 36.6 Å². The van der Waals surface area contributed by atoms with Crippen molar-refractivity contribution in [3.05, 3.63) is 33.8 Å². The number of oxime groups is 1. The van der Waals surface area contributed by atoms with Gasteiger partial charge in [-0.15, -0.1) is 0 Å². The van der Waals surface area contributed by atoms with E-state index in [2.05, 4.69) is 26.4 Å². The van der Waals surface area contributed by atoms with Crippen LogP contribution in [-0.2, 0) is 0 Å². The molecule has 4 N–H and O–H groups in total. The Morgan fingerprint density at radius 2 is 2.11 bits per heavy atom. The zero-order chi connectivity index (χ0) is 14.6. The maximum Gasteiger partial charge on any atom is 0.252 e. The number of hydrogen-bond acceptors (Lipinski definition) is 3. The van der Waals surface area contributed by atoms with Crippen LogP contribution in [-0.4, -0.2) is 23.0 Å². The maximum absolute atomic E-state index is 12.2. The molecular weight excluding hydrogens is 310 g/mol. The predicted molar refractivity (Wildman–Crippen MR) is 78.4 cm³/mol. The standard InChI is InChI=1S/C13H18BrN3O2/c1-7(2)11(12(15)17-19)16-13(18)10-5-4-9(14)6-8(10)3/h4-7,11,19H,1-3H3,(H2,15,17)(H,16,18). The molecule has 0 aliphatic heterocycles. The summed E-state index contributed by atoms with van der Waals surface area (Å²) in [7, 11) is 0. The number of amidine groups is 1. The quantitative estimate of drug-likeness (QED) is 0.343. The molecule has 0 saturated carbocycles. The smallest absolute Gasteiger partial charge is 0.252 e. The molecule has 0 aromatic heterocycles. The van der Waals surface area contributed by atoms with E-state index in [-0.39, 0.29) is 17.7 Å².